The average molecular weight is 417 g/mol. The van der Waals surface area contributed by atoms with Gasteiger partial charge in [-0.3, -0.25) is 14.4 Å². The molecule has 1 aliphatic rings. The Morgan fingerprint density at radius 1 is 1.21 bits per heavy atom. The minimum absolute atomic E-state index is 0.142. The van der Waals surface area contributed by atoms with Crippen LogP contribution in [0, 0.1) is 0 Å². The van der Waals surface area contributed by atoms with E-state index in [-0.39, 0.29) is 5.91 Å². The quantitative estimate of drug-likeness (QED) is 0.470. The van der Waals surface area contributed by atoms with Crippen molar-refractivity contribution in [3.05, 3.63) is 47.4 Å². The van der Waals surface area contributed by atoms with E-state index in [1.54, 1.807) is 10.9 Å². The lowest BCUT2D eigenvalue weighted by Gasteiger charge is -2.34. The van der Waals surface area contributed by atoms with Crippen molar-refractivity contribution in [2.24, 2.45) is 7.05 Å². The molecule has 0 saturated carbocycles. The number of carbonyl (C=O) groups excluding carboxylic acids is 1. The van der Waals surface area contributed by atoms with Crippen LogP contribution < -0.4 is 0 Å². The van der Waals surface area contributed by atoms with Gasteiger partial charge < -0.3 is 4.90 Å². The second-order valence-electron chi connectivity index (χ2n) is 6.76. The molecule has 0 N–H and O–H groups in total. The highest BCUT2D eigenvalue weighted by atomic mass is 35.5. The molecular formula is C19H21ClN6OS. The normalized spacial score (nSPS) is 15.3. The standard InChI is InChI=1S/C19H21ClN6OS/c1-24-18-16(10-23-24)19(22-13-21-18)28-12-17(27)26-7-5-25(6-8-26)11-14-3-2-4-15(20)9-14/h2-4,9-10,13H,5-8,11-12H2,1H3. The Hall–Kier alpha value is -2.16. The van der Waals surface area contributed by atoms with Gasteiger partial charge in [-0.1, -0.05) is 35.5 Å². The third-order valence-corrected chi connectivity index (χ3v) is 6.07. The number of fused-ring (bicyclic) bond motifs is 1. The second kappa shape index (κ2) is 8.46. The number of thioether (sulfide) groups is 1. The zero-order valence-electron chi connectivity index (χ0n) is 15.6. The molecule has 0 spiro atoms. The van der Waals surface area contributed by atoms with Crippen LogP contribution in [0.1, 0.15) is 5.56 Å². The van der Waals surface area contributed by atoms with Gasteiger partial charge in [0.15, 0.2) is 5.65 Å². The Morgan fingerprint density at radius 2 is 2.04 bits per heavy atom. The predicted octanol–water partition coefficient (Wildman–Crippen LogP) is 2.45. The number of benzene rings is 1. The lowest BCUT2D eigenvalue weighted by molar-refractivity contribution is -0.130. The monoisotopic (exact) mass is 416 g/mol. The maximum Gasteiger partial charge on any atom is 0.233 e. The molecule has 3 heterocycles. The minimum atomic E-state index is 0.142. The summed E-state index contributed by atoms with van der Waals surface area (Å²) in [7, 11) is 1.85. The average Bonchev–Trinajstić information content (AvgIpc) is 3.08. The largest absolute Gasteiger partial charge is 0.339 e. The number of aryl methyl sites for hydroxylation is 1. The summed E-state index contributed by atoms with van der Waals surface area (Å²) in [6.45, 7) is 4.07. The molecule has 1 aromatic carbocycles. The Labute approximate surface area is 172 Å². The van der Waals surface area contributed by atoms with Gasteiger partial charge in [-0.15, -0.1) is 0 Å². The van der Waals surface area contributed by atoms with Crippen molar-refractivity contribution in [3.63, 3.8) is 0 Å². The van der Waals surface area contributed by atoms with E-state index in [0.717, 1.165) is 53.8 Å². The molecule has 1 fully saturated rings. The number of hydrogen-bond acceptors (Lipinski definition) is 6. The molecule has 0 bridgehead atoms. The molecular weight excluding hydrogens is 396 g/mol. The van der Waals surface area contributed by atoms with Gasteiger partial charge in [-0.05, 0) is 17.7 Å². The van der Waals surface area contributed by atoms with E-state index >= 15 is 0 Å². The number of aromatic nitrogens is 4. The molecule has 1 saturated heterocycles. The van der Waals surface area contributed by atoms with E-state index < -0.39 is 0 Å². The van der Waals surface area contributed by atoms with Gasteiger partial charge in [0.05, 0.1) is 17.3 Å². The summed E-state index contributed by atoms with van der Waals surface area (Å²) in [4.78, 5) is 25.5. The fourth-order valence-corrected chi connectivity index (χ4v) is 4.40. The number of halogens is 1. The first kappa shape index (κ1) is 19.2. The molecule has 0 unspecified atom stereocenters. The zero-order valence-corrected chi connectivity index (χ0v) is 17.2. The Bertz CT molecular complexity index is 985. The summed E-state index contributed by atoms with van der Waals surface area (Å²) in [6.07, 6.45) is 3.27. The minimum Gasteiger partial charge on any atom is -0.339 e. The number of rotatable bonds is 5. The predicted molar refractivity (Wildman–Crippen MR) is 110 cm³/mol. The number of hydrogen-bond donors (Lipinski definition) is 0. The number of carbonyl (C=O) groups is 1. The van der Waals surface area contributed by atoms with E-state index in [2.05, 4.69) is 26.0 Å². The molecule has 0 aliphatic carbocycles. The summed E-state index contributed by atoms with van der Waals surface area (Å²) >= 11 is 7.51. The van der Waals surface area contributed by atoms with Gasteiger partial charge >= 0.3 is 0 Å². The smallest absolute Gasteiger partial charge is 0.233 e. The van der Waals surface area contributed by atoms with Crippen molar-refractivity contribution in [2.45, 2.75) is 11.6 Å². The van der Waals surface area contributed by atoms with Crippen molar-refractivity contribution in [1.29, 1.82) is 0 Å². The maximum absolute atomic E-state index is 12.6. The Balaban J connectivity index is 1.29. The third-order valence-electron chi connectivity index (χ3n) is 4.85. The number of piperazine rings is 1. The van der Waals surface area contributed by atoms with E-state index in [0.29, 0.717) is 5.75 Å². The zero-order chi connectivity index (χ0) is 19.5. The SMILES string of the molecule is Cn1ncc2c(SCC(=O)N3CCN(Cc4cccc(Cl)c4)CC3)ncnc21. The summed E-state index contributed by atoms with van der Waals surface area (Å²) in [5.74, 6) is 0.512. The molecule has 28 heavy (non-hydrogen) atoms. The van der Waals surface area contributed by atoms with Gasteiger partial charge in [-0.25, -0.2) is 9.97 Å². The molecule has 0 atom stereocenters. The first-order valence-electron chi connectivity index (χ1n) is 9.10. The topological polar surface area (TPSA) is 67.2 Å². The third kappa shape index (κ3) is 4.29. The highest BCUT2D eigenvalue weighted by molar-refractivity contribution is 8.00. The van der Waals surface area contributed by atoms with Crippen molar-refractivity contribution < 1.29 is 4.79 Å². The van der Waals surface area contributed by atoms with Gasteiger partial charge in [0.25, 0.3) is 0 Å². The van der Waals surface area contributed by atoms with Crippen molar-refractivity contribution in [3.8, 4) is 0 Å². The molecule has 2 aromatic heterocycles. The van der Waals surface area contributed by atoms with E-state index in [9.17, 15) is 4.79 Å². The fraction of sp³-hybridized carbons (Fsp3) is 0.368. The lowest BCUT2D eigenvalue weighted by Crippen LogP contribution is -2.48. The molecule has 1 aliphatic heterocycles. The first-order chi connectivity index (χ1) is 13.6. The van der Waals surface area contributed by atoms with Crippen molar-refractivity contribution in [1.82, 2.24) is 29.5 Å². The van der Waals surface area contributed by atoms with Gasteiger partial charge in [-0.2, -0.15) is 5.10 Å². The Morgan fingerprint density at radius 3 is 2.82 bits per heavy atom. The molecule has 0 radical (unpaired) electrons. The van der Waals surface area contributed by atoms with E-state index in [1.165, 1.54) is 23.7 Å². The number of amides is 1. The molecule has 4 rings (SSSR count). The van der Waals surface area contributed by atoms with Crippen LogP contribution in [0.2, 0.25) is 5.02 Å². The molecule has 7 nitrogen and oxygen atoms in total. The summed E-state index contributed by atoms with van der Waals surface area (Å²) < 4.78 is 1.71. The second-order valence-corrected chi connectivity index (χ2v) is 8.16. The van der Waals surface area contributed by atoms with Crippen LogP contribution in [0.25, 0.3) is 11.0 Å². The van der Waals surface area contributed by atoms with Crippen molar-refractivity contribution in [2.75, 3.05) is 31.9 Å². The summed E-state index contributed by atoms with van der Waals surface area (Å²) in [6, 6.07) is 7.94. The van der Waals surface area contributed by atoms with Crippen LogP contribution in [0.3, 0.4) is 0 Å². The summed E-state index contributed by atoms with van der Waals surface area (Å²) in [5, 5.41) is 6.65. The summed E-state index contributed by atoms with van der Waals surface area (Å²) in [5.41, 5.74) is 1.98. The fourth-order valence-electron chi connectivity index (χ4n) is 3.33. The Kier molecular flexibility index (Phi) is 5.79. The van der Waals surface area contributed by atoms with Crippen LogP contribution in [-0.4, -0.2) is 67.4 Å². The first-order valence-corrected chi connectivity index (χ1v) is 10.5. The van der Waals surface area contributed by atoms with Gasteiger partial charge in [0.1, 0.15) is 11.4 Å². The molecule has 1 amide bonds. The van der Waals surface area contributed by atoms with E-state index in [4.69, 9.17) is 11.6 Å². The number of nitrogens with zero attached hydrogens (tertiary/aromatic N) is 6. The van der Waals surface area contributed by atoms with Crippen LogP contribution in [-0.2, 0) is 18.4 Å². The van der Waals surface area contributed by atoms with E-state index in [1.807, 2.05) is 30.1 Å². The van der Waals surface area contributed by atoms with Crippen molar-refractivity contribution >= 4 is 40.3 Å². The molecule has 3 aromatic rings. The van der Waals surface area contributed by atoms with Crippen LogP contribution in [0.5, 0.6) is 0 Å². The van der Waals surface area contributed by atoms with Crippen LogP contribution in [0.4, 0.5) is 0 Å². The molecule has 9 heteroatoms. The maximum atomic E-state index is 12.6. The van der Waals surface area contributed by atoms with Gasteiger partial charge in [0.2, 0.25) is 5.91 Å². The highest BCUT2D eigenvalue weighted by Gasteiger charge is 2.21. The highest BCUT2D eigenvalue weighted by Crippen LogP contribution is 2.24. The van der Waals surface area contributed by atoms with Crippen LogP contribution in [0.15, 0.2) is 41.8 Å². The van der Waals surface area contributed by atoms with Gasteiger partial charge in [0, 0.05) is 44.8 Å². The lowest BCUT2D eigenvalue weighted by atomic mass is 10.2. The molecule has 146 valence electrons. The van der Waals surface area contributed by atoms with Crippen LogP contribution >= 0.6 is 23.4 Å².